The molecule has 0 saturated heterocycles. The third-order valence-corrected chi connectivity index (χ3v) is 2.40. The molecule has 0 spiro atoms. The molecule has 1 N–H and O–H groups in total. The number of carbonyl (C=O) groups is 1. The van der Waals surface area contributed by atoms with Crippen molar-refractivity contribution in [3.8, 4) is 0 Å². The first-order chi connectivity index (χ1) is 7.48. The summed E-state index contributed by atoms with van der Waals surface area (Å²) in [5, 5.41) is 1.61. The monoisotopic (exact) mass is 221 g/mol. The number of hydroxylamine groups is 1. The second-order valence-electron chi connectivity index (χ2n) is 4.89. The predicted molar refractivity (Wildman–Crippen MR) is 63.8 cm³/mol. The zero-order valence-electron chi connectivity index (χ0n) is 10.8. The summed E-state index contributed by atoms with van der Waals surface area (Å²) in [6.45, 7) is 6.11. The highest BCUT2D eigenvalue weighted by Gasteiger charge is 2.27. The van der Waals surface area contributed by atoms with Crippen LogP contribution in [0, 0.1) is 5.41 Å². The van der Waals surface area contributed by atoms with Crippen molar-refractivity contribution in [2.24, 2.45) is 5.41 Å². The number of aromatic nitrogens is 1. The smallest absolute Gasteiger partial charge is 0.365 e. The zero-order valence-corrected chi connectivity index (χ0v) is 9.78. The Morgan fingerprint density at radius 3 is 2.94 bits per heavy atom. The molecule has 4 nitrogen and oxygen atoms in total. The summed E-state index contributed by atoms with van der Waals surface area (Å²) in [5.41, 5.74) is 1.45. The van der Waals surface area contributed by atoms with Crippen molar-refractivity contribution in [2.75, 3.05) is 11.6 Å². The van der Waals surface area contributed by atoms with Gasteiger partial charge in [-0.05, 0) is 20.8 Å². The first-order valence-corrected chi connectivity index (χ1v) is 5.32. The van der Waals surface area contributed by atoms with E-state index in [0.29, 0.717) is 6.54 Å². The van der Waals surface area contributed by atoms with Gasteiger partial charge in [0.05, 0.1) is 17.6 Å². The Morgan fingerprint density at radius 1 is 1.50 bits per heavy atom. The molecule has 0 fully saturated rings. The van der Waals surface area contributed by atoms with Crippen molar-refractivity contribution < 1.29 is 11.1 Å². The molecule has 0 aromatic carbocycles. The fourth-order valence-electron chi connectivity index (χ4n) is 1.41. The van der Waals surface area contributed by atoms with Crippen LogP contribution in [0.15, 0.2) is 18.5 Å². The molecular weight excluding hydrogens is 204 g/mol. The number of nitrogens with one attached hydrogen (secondary N) is 1. The fraction of sp³-hybridized carbons (Fsp3) is 0.417. The molecule has 0 bridgehead atoms. The number of rotatable bonds is 1. The molecule has 2 heterocycles. The van der Waals surface area contributed by atoms with E-state index >= 15 is 0 Å². The van der Waals surface area contributed by atoms with Crippen LogP contribution in [0.5, 0.6) is 0 Å². The third kappa shape index (κ3) is 1.96. The topological polar surface area (TPSA) is 45.3 Å². The molecule has 1 aliphatic rings. The summed E-state index contributed by atoms with van der Waals surface area (Å²) < 4.78 is 0. The molecular formula is C12H17N2O2+. The molecule has 16 heavy (non-hydrogen) atoms. The lowest BCUT2D eigenvalue weighted by Gasteiger charge is -2.27. The van der Waals surface area contributed by atoms with Crippen LogP contribution in [0.2, 0.25) is 0 Å². The van der Waals surface area contributed by atoms with Crippen LogP contribution < -0.4 is 5.06 Å². The summed E-state index contributed by atoms with van der Waals surface area (Å²) in [7, 11) is 0. The van der Waals surface area contributed by atoms with Gasteiger partial charge in [0.1, 0.15) is 0 Å². The Labute approximate surface area is 96.3 Å². The van der Waals surface area contributed by atoms with E-state index in [-0.39, 0.29) is 7.40 Å². The van der Waals surface area contributed by atoms with E-state index in [1.54, 1.807) is 5.06 Å². The highest BCUT2D eigenvalue weighted by Crippen LogP contribution is 2.27. The highest BCUT2D eigenvalue weighted by atomic mass is 16.7. The van der Waals surface area contributed by atoms with Crippen LogP contribution in [0.4, 0.5) is 5.69 Å². The molecule has 4 heteroatoms. The SMILES string of the molecule is CC(C)(C)C(=O)ON1CC=Cc2c[nH]cc21.[H+]. The number of aromatic amines is 1. The van der Waals surface area contributed by atoms with E-state index in [4.69, 9.17) is 4.84 Å². The minimum atomic E-state index is -0.488. The summed E-state index contributed by atoms with van der Waals surface area (Å²) >= 11 is 0. The van der Waals surface area contributed by atoms with Gasteiger partial charge in [-0.3, -0.25) is 0 Å². The Balaban J connectivity index is 0.00000144. The van der Waals surface area contributed by atoms with Crippen molar-refractivity contribution >= 4 is 17.7 Å². The van der Waals surface area contributed by atoms with E-state index in [0.717, 1.165) is 11.3 Å². The first-order valence-electron chi connectivity index (χ1n) is 5.32. The molecule has 0 atom stereocenters. The van der Waals surface area contributed by atoms with Crippen LogP contribution in [0.25, 0.3) is 6.08 Å². The van der Waals surface area contributed by atoms with Gasteiger partial charge in [0.25, 0.3) is 0 Å². The Hall–Kier alpha value is -1.71. The van der Waals surface area contributed by atoms with Gasteiger partial charge in [-0.2, -0.15) is 0 Å². The molecule has 86 valence electrons. The van der Waals surface area contributed by atoms with Crippen molar-refractivity contribution in [2.45, 2.75) is 20.8 Å². The van der Waals surface area contributed by atoms with Crippen LogP contribution >= 0.6 is 0 Å². The standard InChI is InChI=1S/C12H16N2O2/c1-12(2,3)11(15)16-14-6-4-5-9-7-13-8-10(9)14/h4-5,7-8,13H,6H2,1-3H3/p+1. The molecule has 1 aromatic rings. The van der Waals surface area contributed by atoms with Gasteiger partial charge in [-0.1, -0.05) is 12.2 Å². The predicted octanol–water partition coefficient (Wildman–Crippen LogP) is 2.46. The molecule has 1 aliphatic heterocycles. The largest absolute Gasteiger partial charge is 1.00 e. The summed E-state index contributed by atoms with van der Waals surface area (Å²) in [6, 6.07) is 0. The molecule has 0 radical (unpaired) electrons. The van der Waals surface area contributed by atoms with E-state index in [1.807, 2.05) is 45.3 Å². The maximum atomic E-state index is 11.8. The Kier molecular flexibility index (Phi) is 2.50. The highest BCUT2D eigenvalue weighted by molar-refractivity contribution is 5.78. The minimum Gasteiger partial charge on any atom is -0.365 e. The number of hydrogen-bond donors (Lipinski definition) is 1. The van der Waals surface area contributed by atoms with Gasteiger partial charge in [0, 0.05) is 18.0 Å². The van der Waals surface area contributed by atoms with E-state index in [1.165, 1.54) is 0 Å². The zero-order chi connectivity index (χ0) is 11.8. The quantitative estimate of drug-likeness (QED) is 0.792. The Bertz CT molecular complexity index is 432. The Morgan fingerprint density at radius 2 is 2.25 bits per heavy atom. The van der Waals surface area contributed by atoms with Gasteiger partial charge in [-0.15, -0.1) is 0 Å². The maximum absolute atomic E-state index is 11.8. The second kappa shape index (κ2) is 3.70. The van der Waals surface area contributed by atoms with Crippen LogP contribution in [0.1, 0.15) is 27.8 Å². The van der Waals surface area contributed by atoms with Gasteiger partial charge in [-0.25, -0.2) is 9.86 Å². The van der Waals surface area contributed by atoms with Crippen molar-refractivity contribution in [3.63, 3.8) is 0 Å². The van der Waals surface area contributed by atoms with Crippen molar-refractivity contribution in [1.82, 2.24) is 4.98 Å². The van der Waals surface area contributed by atoms with E-state index < -0.39 is 5.41 Å². The van der Waals surface area contributed by atoms with Gasteiger partial charge in [0.15, 0.2) is 0 Å². The lowest BCUT2D eigenvalue weighted by molar-refractivity contribution is -0.154. The number of anilines is 1. The average molecular weight is 221 g/mol. The normalized spacial score (nSPS) is 14.8. The third-order valence-electron chi connectivity index (χ3n) is 2.40. The van der Waals surface area contributed by atoms with Crippen molar-refractivity contribution in [3.05, 3.63) is 24.0 Å². The lowest BCUT2D eigenvalue weighted by atomic mass is 9.98. The lowest BCUT2D eigenvalue weighted by Crippen LogP contribution is -2.34. The minimum absolute atomic E-state index is 0. The number of nitrogens with zero attached hydrogens (tertiary/aromatic N) is 1. The van der Waals surface area contributed by atoms with Crippen LogP contribution in [0.3, 0.4) is 0 Å². The second-order valence-corrected chi connectivity index (χ2v) is 4.89. The van der Waals surface area contributed by atoms with Crippen LogP contribution in [-0.4, -0.2) is 17.5 Å². The van der Waals surface area contributed by atoms with E-state index in [9.17, 15) is 4.79 Å². The summed E-state index contributed by atoms with van der Waals surface area (Å²) in [4.78, 5) is 20.1. The van der Waals surface area contributed by atoms with Crippen LogP contribution in [-0.2, 0) is 9.63 Å². The van der Waals surface area contributed by atoms with Gasteiger partial charge in [0.2, 0.25) is 0 Å². The van der Waals surface area contributed by atoms with E-state index in [2.05, 4.69) is 4.98 Å². The average Bonchev–Trinajstić information content (AvgIpc) is 2.65. The fourth-order valence-corrected chi connectivity index (χ4v) is 1.41. The number of fused-ring (bicyclic) bond motifs is 1. The number of carbonyl (C=O) groups excluding carboxylic acids is 1. The molecule has 2 rings (SSSR count). The first kappa shape index (κ1) is 10.8. The number of H-pyrrole nitrogens is 1. The molecule has 1 aromatic heterocycles. The van der Waals surface area contributed by atoms with Crippen molar-refractivity contribution in [1.29, 1.82) is 0 Å². The summed E-state index contributed by atoms with van der Waals surface area (Å²) in [5.74, 6) is -0.227. The summed E-state index contributed by atoms with van der Waals surface area (Å²) in [6.07, 6.45) is 7.68. The molecule has 0 amide bonds. The molecule has 0 unspecified atom stereocenters. The maximum Gasteiger partial charge on any atom is 1.00 e. The van der Waals surface area contributed by atoms with Gasteiger partial charge < -0.3 is 9.82 Å². The van der Waals surface area contributed by atoms with Gasteiger partial charge >= 0.3 is 7.40 Å². The molecule has 0 saturated carbocycles. The molecule has 0 aliphatic carbocycles. The number of hydrogen-bond acceptors (Lipinski definition) is 3.